The minimum absolute atomic E-state index is 0.277. The smallest absolute Gasteiger partial charge is 0.241 e. The van der Waals surface area contributed by atoms with Crippen LogP contribution in [-0.4, -0.2) is 34.7 Å². The molecular weight excluding hydrogens is 336 g/mol. The summed E-state index contributed by atoms with van der Waals surface area (Å²) >= 11 is 0. The highest BCUT2D eigenvalue weighted by Gasteiger charge is 2.17. The molecule has 0 aliphatic carbocycles. The highest BCUT2D eigenvalue weighted by Crippen LogP contribution is 2.19. The monoisotopic (exact) mass is 360 g/mol. The third-order valence-electron chi connectivity index (χ3n) is 4.41. The summed E-state index contributed by atoms with van der Waals surface area (Å²) in [4.78, 5) is 2.62. The summed E-state index contributed by atoms with van der Waals surface area (Å²) in [5.74, 6) is 0. The molecule has 0 amide bonds. The number of benzene rings is 2. The number of hydrogen-bond acceptors (Lipinski definition) is 4. The van der Waals surface area contributed by atoms with Gasteiger partial charge in [0, 0.05) is 25.3 Å². The molecule has 0 aromatic heterocycles. The van der Waals surface area contributed by atoms with E-state index < -0.39 is 10.0 Å². The van der Waals surface area contributed by atoms with Crippen LogP contribution in [0.15, 0.2) is 47.4 Å². The Labute approximate surface area is 149 Å². The van der Waals surface area contributed by atoms with Gasteiger partial charge in [-0.05, 0) is 48.7 Å². The molecule has 1 saturated heterocycles. The van der Waals surface area contributed by atoms with Crippen LogP contribution in [0.2, 0.25) is 0 Å². The second-order valence-electron chi connectivity index (χ2n) is 6.36. The highest BCUT2D eigenvalue weighted by molar-refractivity contribution is 7.89. The zero-order valence-corrected chi connectivity index (χ0v) is 15.5. The van der Waals surface area contributed by atoms with Crippen molar-refractivity contribution in [1.29, 1.82) is 0 Å². The van der Waals surface area contributed by atoms with Gasteiger partial charge in [-0.2, -0.15) is 0 Å². The summed E-state index contributed by atoms with van der Waals surface area (Å²) in [7, 11) is -3.52. The summed E-state index contributed by atoms with van der Waals surface area (Å²) in [6.45, 7) is 7.25. The van der Waals surface area contributed by atoms with E-state index in [1.54, 1.807) is 6.07 Å². The third-order valence-corrected chi connectivity index (χ3v) is 5.96. The lowest BCUT2D eigenvalue weighted by Crippen LogP contribution is -2.36. The first kappa shape index (κ1) is 17.9. The van der Waals surface area contributed by atoms with Crippen LogP contribution in [0.25, 0.3) is 0 Å². The summed E-state index contributed by atoms with van der Waals surface area (Å²) in [5.41, 5.74) is 3.76. The normalized spacial score (nSPS) is 15.4. The fourth-order valence-corrected chi connectivity index (χ4v) is 4.24. The van der Waals surface area contributed by atoms with E-state index >= 15 is 0 Å². The maximum Gasteiger partial charge on any atom is 0.241 e. The molecule has 1 aliphatic rings. The van der Waals surface area contributed by atoms with Crippen LogP contribution >= 0.6 is 0 Å². The largest absolute Gasteiger partial charge is 0.378 e. The van der Waals surface area contributed by atoms with Crippen molar-refractivity contribution in [1.82, 2.24) is 4.72 Å². The Morgan fingerprint density at radius 2 is 1.72 bits per heavy atom. The summed E-state index contributed by atoms with van der Waals surface area (Å²) < 4.78 is 33.2. The average molecular weight is 360 g/mol. The first-order chi connectivity index (χ1) is 12.0. The molecule has 1 heterocycles. The van der Waals surface area contributed by atoms with Gasteiger partial charge in [0.15, 0.2) is 0 Å². The van der Waals surface area contributed by atoms with Gasteiger partial charge in [-0.3, -0.25) is 0 Å². The van der Waals surface area contributed by atoms with E-state index in [-0.39, 0.29) is 6.54 Å². The van der Waals surface area contributed by atoms with Gasteiger partial charge < -0.3 is 9.64 Å². The van der Waals surface area contributed by atoms with E-state index in [2.05, 4.69) is 9.62 Å². The molecule has 6 heteroatoms. The Kier molecular flexibility index (Phi) is 5.42. The molecule has 25 heavy (non-hydrogen) atoms. The van der Waals surface area contributed by atoms with Crippen molar-refractivity contribution in [3.63, 3.8) is 0 Å². The number of ether oxygens (including phenoxy) is 1. The second kappa shape index (κ2) is 7.56. The lowest BCUT2D eigenvalue weighted by atomic mass is 10.2. The van der Waals surface area contributed by atoms with Crippen LogP contribution in [0, 0.1) is 13.8 Å². The minimum Gasteiger partial charge on any atom is -0.378 e. The number of nitrogens with zero attached hydrogens (tertiary/aromatic N) is 1. The highest BCUT2D eigenvalue weighted by atomic mass is 32.2. The average Bonchev–Trinajstić information content (AvgIpc) is 2.63. The summed E-state index contributed by atoms with van der Waals surface area (Å²) in [6, 6.07) is 13.5. The van der Waals surface area contributed by atoms with Gasteiger partial charge in [-0.1, -0.05) is 24.3 Å². The Balaban J connectivity index is 1.67. The maximum absolute atomic E-state index is 12.6. The molecule has 134 valence electrons. The molecule has 0 atom stereocenters. The van der Waals surface area contributed by atoms with Crippen molar-refractivity contribution < 1.29 is 13.2 Å². The predicted octanol–water partition coefficient (Wildman–Crippen LogP) is 2.62. The molecule has 1 N–H and O–H groups in total. The quantitative estimate of drug-likeness (QED) is 0.890. The van der Waals surface area contributed by atoms with E-state index in [1.807, 2.05) is 50.2 Å². The molecule has 0 saturated carbocycles. The van der Waals surface area contributed by atoms with Crippen molar-refractivity contribution >= 4 is 15.7 Å². The van der Waals surface area contributed by atoms with Crippen LogP contribution in [0.1, 0.15) is 16.7 Å². The van der Waals surface area contributed by atoms with Gasteiger partial charge in [-0.15, -0.1) is 0 Å². The van der Waals surface area contributed by atoms with Gasteiger partial charge in [-0.25, -0.2) is 13.1 Å². The number of rotatable bonds is 5. The minimum atomic E-state index is -3.52. The third kappa shape index (κ3) is 4.39. The molecule has 0 unspecified atom stereocenters. The molecule has 3 rings (SSSR count). The summed E-state index contributed by atoms with van der Waals surface area (Å²) in [5, 5.41) is 0. The Bertz CT molecular complexity index is 826. The topological polar surface area (TPSA) is 58.6 Å². The first-order valence-corrected chi connectivity index (χ1v) is 9.92. The lowest BCUT2D eigenvalue weighted by molar-refractivity contribution is 0.122. The zero-order chi connectivity index (χ0) is 17.9. The fraction of sp³-hybridized carbons (Fsp3) is 0.368. The number of aryl methyl sites for hydroxylation is 2. The zero-order valence-electron chi connectivity index (χ0n) is 14.7. The van der Waals surface area contributed by atoms with Gasteiger partial charge in [0.05, 0.1) is 18.1 Å². The number of morpholine rings is 1. The fourth-order valence-electron chi connectivity index (χ4n) is 2.90. The van der Waals surface area contributed by atoms with E-state index in [0.717, 1.165) is 48.7 Å². The van der Waals surface area contributed by atoms with E-state index in [1.165, 1.54) is 0 Å². The van der Waals surface area contributed by atoms with Crippen molar-refractivity contribution in [2.45, 2.75) is 25.3 Å². The van der Waals surface area contributed by atoms with Crippen molar-refractivity contribution in [3.05, 3.63) is 59.2 Å². The summed E-state index contributed by atoms with van der Waals surface area (Å²) in [6.07, 6.45) is 0. The number of nitrogens with one attached hydrogen (secondary N) is 1. The number of hydrogen-bond donors (Lipinski definition) is 1. The number of sulfonamides is 1. The van der Waals surface area contributed by atoms with Gasteiger partial charge in [0.1, 0.15) is 0 Å². The standard InChI is InChI=1S/C19H24N2O3S/c1-15-3-4-16(2)19(13-15)25(22,23)20-14-17-5-7-18(8-6-17)21-9-11-24-12-10-21/h3-8,13,20H,9-12,14H2,1-2H3. The molecule has 0 radical (unpaired) electrons. The molecule has 2 aromatic rings. The van der Waals surface area contributed by atoms with E-state index in [9.17, 15) is 8.42 Å². The molecule has 1 aliphatic heterocycles. The van der Waals surface area contributed by atoms with Crippen molar-refractivity contribution in [2.75, 3.05) is 31.2 Å². The molecular formula is C19H24N2O3S. The van der Waals surface area contributed by atoms with Gasteiger partial charge in [0.2, 0.25) is 10.0 Å². The molecule has 2 aromatic carbocycles. The van der Waals surface area contributed by atoms with Crippen LogP contribution < -0.4 is 9.62 Å². The number of anilines is 1. The van der Waals surface area contributed by atoms with E-state index in [0.29, 0.717) is 4.90 Å². The van der Waals surface area contributed by atoms with Crippen LogP contribution in [0.3, 0.4) is 0 Å². The SMILES string of the molecule is Cc1ccc(C)c(S(=O)(=O)NCc2ccc(N3CCOCC3)cc2)c1. The van der Waals surface area contributed by atoms with Crippen LogP contribution in [-0.2, 0) is 21.3 Å². The Morgan fingerprint density at radius 3 is 2.40 bits per heavy atom. The Morgan fingerprint density at radius 1 is 1.04 bits per heavy atom. The predicted molar refractivity (Wildman–Crippen MR) is 99.4 cm³/mol. The molecule has 1 fully saturated rings. The van der Waals surface area contributed by atoms with Crippen LogP contribution in [0.4, 0.5) is 5.69 Å². The van der Waals surface area contributed by atoms with Crippen molar-refractivity contribution in [2.24, 2.45) is 0 Å². The molecule has 5 nitrogen and oxygen atoms in total. The van der Waals surface area contributed by atoms with Gasteiger partial charge in [0.25, 0.3) is 0 Å². The van der Waals surface area contributed by atoms with Crippen molar-refractivity contribution in [3.8, 4) is 0 Å². The van der Waals surface area contributed by atoms with Gasteiger partial charge >= 0.3 is 0 Å². The lowest BCUT2D eigenvalue weighted by Gasteiger charge is -2.28. The van der Waals surface area contributed by atoms with Crippen LogP contribution in [0.5, 0.6) is 0 Å². The molecule has 0 bridgehead atoms. The second-order valence-corrected chi connectivity index (χ2v) is 8.09. The maximum atomic E-state index is 12.6. The molecule has 0 spiro atoms. The Hall–Kier alpha value is -1.89. The van der Waals surface area contributed by atoms with E-state index in [4.69, 9.17) is 4.74 Å². The first-order valence-electron chi connectivity index (χ1n) is 8.44.